The number of hydrogen-bond donors (Lipinski definition) is 9. The zero-order chi connectivity index (χ0) is 31.0. The zero-order valence-electron chi connectivity index (χ0n) is 21.4. The maximum Gasteiger partial charge on any atom is 0.319 e. The van der Waals surface area contributed by atoms with Crippen LogP contribution >= 0.6 is 22.7 Å². The Morgan fingerprint density at radius 1 is 1.10 bits per heavy atom. The van der Waals surface area contributed by atoms with Gasteiger partial charge >= 0.3 is 16.2 Å². The third kappa shape index (κ3) is 9.25. The molecule has 1 saturated heterocycles. The standard InChI is InChI=1S/C20H28N6O14S2/c1-8(29)37-17-15(31)11(7-28)40-18(16(17)32)39-9(2-21-12-3-23-19(41-12)25(33)34)10(6-27)38-14(30)5-22-13-4-24-20(42-13)26(35)36/h2-5,9-11,14-18,25-28,30-33,35H,6-7H2,1H3/t9-,10+,11-,14-,15+,16+,17-,18-/m0/s1. The highest BCUT2D eigenvalue weighted by molar-refractivity contribution is 7.18. The molecule has 0 aliphatic carbocycles. The number of carbonyl (C=O) groups is 1. The summed E-state index contributed by atoms with van der Waals surface area (Å²) in [5.41, 5.74) is 0. The highest BCUT2D eigenvalue weighted by Gasteiger charge is 2.48. The van der Waals surface area contributed by atoms with Crippen molar-refractivity contribution in [3.8, 4) is 0 Å². The van der Waals surface area contributed by atoms with Crippen LogP contribution in [0.1, 0.15) is 6.92 Å². The minimum atomic E-state index is -1.81. The third-order valence-corrected chi connectivity index (χ3v) is 7.09. The van der Waals surface area contributed by atoms with Crippen molar-refractivity contribution < 1.29 is 70.1 Å². The van der Waals surface area contributed by atoms with Gasteiger partial charge in [0.15, 0.2) is 18.7 Å². The predicted octanol–water partition coefficient (Wildman–Crippen LogP) is -4.04. The number of aliphatic imine (C=N–C) groups is 2. The lowest BCUT2D eigenvalue weighted by Crippen LogP contribution is -2.99. The summed E-state index contributed by atoms with van der Waals surface area (Å²) in [5, 5.41) is 88.4. The van der Waals surface area contributed by atoms with E-state index in [1.807, 2.05) is 0 Å². The van der Waals surface area contributed by atoms with E-state index in [2.05, 4.69) is 20.0 Å². The van der Waals surface area contributed by atoms with Crippen molar-refractivity contribution in [3.05, 3.63) is 22.8 Å². The van der Waals surface area contributed by atoms with Crippen LogP contribution in [0.4, 0.5) is 20.3 Å². The Balaban J connectivity index is 1.84. The Labute approximate surface area is 243 Å². The minimum absolute atomic E-state index is 0.0887. The lowest BCUT2D eigenvalue weighted by Gasteiger charge is -2.42. The fourth-order valence-corrected chi connectivity index (χ4v) is 4.66. The smallest absolute Gasteiger partial charge is 0.319 e. The Morgan fingerprint density at radius 2 is 1.67 bits per heavy atom. The predicted molar refractivity (Wildman–Crippen MR) is 138 cm³/mol. The lowest BCUT2D eigenvalue weighted by atomic mass is 9.99. The van der Waals surface area contributed by atoms with Gasteiger partial charge in [-0.3, -0.25) is 4.79 Å². The van der Waals surface area contributed by atoms with Gasteiger partial charge in [0.2, 0.25) is 0 Å². The molecule has 0 aromatic carbocycles. The molecule has 0 radical (unpaired) electrons. The number of thiazole rings is 2. The molecule has 0 bridgehead atoms. The number of quaternary nitrogens is 2. The molecule has 9 N–H and O–H groups in total. The summed E-state index contributed by atoms with van der Waals surface area (Å²) >= 11 is 1.41. The van der Waals surface area contributed by atoms with Crippen LogP contribution < -0.4 is 10.5 Å². The van der Waals surface area contributed by atoms with Crippen molar-refractivity contribution >= 4 is 61.3 Å². The van der Waals surface area contributed by atoms with Crippen molar-refractivity contribution in [1.82, 2.24) is 9.97 Å². The minimum Gasteiger partial charge on any atom is -0.593 e. The number of nitrogens with one attached hydrogen (secondary N) is 2. The van der Waals surface area contributed by atoms with E-state index in [0.717, 1.165) is 31.7 Å². The quantitative estimate of drug-likeness (QED) is 0.0411. The van der Waals surface area contributed by atoms with Crippen LogP contribution in [-0.4, -0.2) is 127 Å². The van der Waals surface area contributed by atoms with Crippen LogP contribution in [0.25, 0.3) is 0 Å². The molecule has 3 rings (SSSR count). The van der Waals surface area contributed by atoms with Crippen molar-refractivity contribution in [2.45, 2.75) is 56.1 Å². The molecule has 0 saturated carbocycles. The monoisotopic (exact) mass is 640 g/mol. The number of esters is 1. The summed E-state index contributed by atoms with van der Waals surface area (Å²) < 4.78 is 21.5. The van der Waals surface area contributed by atoms with Crippen molar-refractivity contribution in [2.24, 2.45) is 9.98 Å². The fourth-order valence-electron chi connectivity index (χ4n) is 3.44. The highest BCUT2D eigenvalue weighted by atomic mass is 32.1. The molecule has 2 aromatic heterocycles. The molecular weight excluding hydrogens is 612 g/mol. The molecule has 0 spiro atoms. The van der Waals surface area contributed by atoms with Crippen molar-refractivity contribution in [2.75, 3.05) is 13.2 Å². The first kappa shape index (κ1) is 34.0. The summed E-state index contributed by atoms with van der Waals surface area (Å²) in [5.74, 6) is -0.858. The van der Waals surface area contributed by atoms with Gasteiger partial charge in [-0.1, -0.05) is 0 Å². The van der Waals surface area contributed by atoms with Crippen LogP contribution in [0.2, 0.25) is 0 Å². The summed E-state index contributed by atoms with van der Waals surface area (Å²) in [6.45, 7) is -0.572. The van der Waals surface area contributed by atoms with Gasteiger partial charge in [0.1, 0.15) is 40.5 Å². The molecule has 234 valence electrons. The molecule has 1 fully saturated rings. The first-order valence-corrected chi connectivity index (χ1v) is 13.4. The van der Waals surface area contributed by atoms with Crippen molar-refractivity contribution in [3.63, 3.8) is 0 Å². The number of nitrogens with zero attached hydrogens (tertiary/aromatic N) is 4. The summed E-state index contributed by atoms with van der Waals surface area (Å²) in [6, 6.07) is 0. The molecule has 1 aliphatic rings. The number of ether oxygens (including phenoxy) is 4. The topological polar surface area (TPSA) is 301 Å². The zero-order valence-corrected chi connectivity index (χ0v) is 23.1. The van der Waals surface area contributed by atoms with Crippen LogP contribution in [0, 0.1) is 10.4 Å². The van der Waals surface area contributed by atoms with E-state index in [1.165, 1.54) is 0 Å². The van der Waals surface area contributed by atoms with Crippen LogP contribution in [0.3, 0.4) is 0 Å². The van der Waals surface area contributed by atoms with E-state index < -0.39 is 78.8 Å². The second-order valence-electron chi connectivity index (χ2n) is 8.30. The third-order valence-electron chi connectivity index (χ3n) is 5.31. The Bertz CT molecular complexity index is 1200. The van der Waals surface area contributed by atoms with E-state index in [1.54, 1.807) is 0 Å². The van der Waals surface area contributed by atoms with Gasteiger partial charge in [0.05, 0.1) is 31.8 Å². The van der Waals surface area contributed by atoms with Crippen molar-refractivity contribution in [1.29, 1.82) is 0 Å². The first-order chi connectivity index (χ1) is 19.9. The van der Waals surface area contributed by atoms with Gasteiger partial charge < -0.3 is 54.9 Å². The maximum atomic E-state index is 11.5. The Kier molecular flexibility index (Phi) is 12.8. The molecule has 2 unspecified atom stereocenters. The molecule has 1 aliphatic heterocycles. The summed E-state index contributed by atoms with van der Waals surface area (Å²) in [4.78, 5) is 26.8. The van der Waals surface area contributed by atoms with E-state index in [4.69, 9.17) is 29.4 Å². The highest BCUT2D eigenvalue weighted by Crippen LogP contribution is 2.28. The molecule has 20 nitrogen and oxygen atoms in total. The fraction of sp³-hybridized carbons (Fsp3) is 0.550. The molecule has 10 atom stereocenters. The van der Waals surface area contributed by atoms with Gasteiger partial charge in [0, 0.05) is 13.1 Å². The number of aromatic nitrogens is 2. The number of carbonyl (C=O) groups excluding carboxylic acids is 1. The van der Waals surface area contributed by atoms with Crippen LogP contribution in [0.15, 0.2) is 22.4 Å². The van der Waals surface area contributed by atoms with Gasteiger partial charge in [-0.15, -0.1) is 0 Å². The normalized spacial score (nSPS) is 26.8. The number of rotatable bonds is 14. The van der Waals surface area contributed by atoms with Gasteiger partial charge in [0.25, 0.3) is 0 Å². The second-order valence-corrected chi connectivity index (χ2v) is 10.3. The average Bonchev–Trinajstić information content (AvgIpc) is 3.62. The van der Waals surface area contributed by atoms with E-state index in [9.17, 15) is 40.7 Å². The maximum absolute atomic E-state index is 11.5. The Hall–Kier alpha value is -2.49. The molecule has 22 heteroatoms. The summed E-state index contributed by atoms with van der Waals surface area (Å²) in [7, 11) is 0. The summed E-state index contributed by atoms with van der Waals surface area (Å²) in [6.07, 6.45) is -8.70. The number of aliphatic hydroxyl groups excluding tert-OH is 5. The average molecular weight is 641 g/mol. The number of hydrogen-bond acceptors (Lipinski definition) is 20. The van der Waals surface area contributed by atoms with Gasteiger partial charge in [-0.25, -0.2) is 20.4 Å². The Morgan fingerprint density at radius 3 is 2.14 bits per heavy atom. The van der Waals surface area contributed by atoms with E-state index in [-0.39, 0.29) is 20.3 Å². The van der Waals surface area contributed by atoms with Crippen LogP contribution in [0.5, 0.6) is 0 Å². The number of aliphatic hydroxyl groups is 5. The molecular formula is C20H28N6O14S2. The van der Waals surface area contributed by atoms with E-state index >= 15 is 0 Å². The SMILES string of the molecule is CC(=O)O[C@@H]1[C@@H](O)[C@@H](O[C@@H](C=Nc2cnc([NH+]([O-])O)s2)[C@@H](CO)O[C@H](O)C=Nc2cnc([NH+]([O-])O)s2)O[C@@H](CO)[C@H]1O. The van der Waals surface area contributed by atoms with E-state index in [0.29, 0.717) is 22.7 Å². The lowest BCUT2D eigenvalue weighted by molar-refractivity contribution is -0.991. The first-order valence-electron chi connectivity index (χ1n) is 11.8. The molecule has 2 aromatic rings. The largest absolute Gasteiger partial charge is 0.593 e. The van der Waals surface area contributed by atoms with Gasteiger partial charge in [-0.05, 0) is 22.7 Å². The van der Waals surface area contributed by atoms with Gasteiger partial charge in [-0.2, -0.15) is 20.4 Å². The molecule has 0 amide bonds. The molecule has 3 heterocycles. The van der Waals surface area contributed by atoms with Crippen LogP contribution in [-0.2, 0) is 23.7 Å². The molecule has 42 heavy (non-hydrogen) atoms. The second kappa shape index (κ2) is 15.8.